The molecule has 0 amide bonds. The Morgan fingerprint density at radius 2 is 1.04 bits per heavy atom. The van der Waals surface area contributed by atoms with Crippen molar-refractivity contribution in [3.8, 4) is 0 Å². The van der Waals surface area contributed by atoms with Gasteiger partial charge in [-0.25, -0.2) is 0 Å². The number of rotatable bonds is 1. The summed E-state index contributed by atoms with van der Waals surface area (Å²) in [5.74, 6) is 2.23. The summed E-state index contributed by atoms with van der Waals surface area (Å²) in [4.78, 5) is 0. The van der Waals surface area contributed by atoms with Gasteiger partial charge >= 0.3 is 50.1 Å². The molecule has 0 N–H and O–H groups in total. The fourth-order valence-corrected chi connectivity index (χ4v) is 7.55. The van der Waals surface area contributed by atoms with Gasteiger partial charge in [0.15, 0.2) is 0 Å². The number of hydrogen-bond donors (Lipinski definition) is 0. The molecule has 143 valence electrons. The van der Waals surface area contributed by atoms with Crippen LogP contribution >= 0.6 is 32.9 Å². The van der Waals surface area contributed by atoms with Crippen molar-refractivity contribution in [3.63, 3.8) is 0 Å². The van der Waals surface area contributed by atoms with Gasteiger partial charge in [-0.3, -0.25) is 0 Å². The maximum atomic E-state index is 9.87. The molecule has 0 spiro atoms. The van der Waals surface area contributed by atoms with E-state index in [9.17, 15) is 25.2 Å². The standard InChI is InChI=1S/C8H17P3.C5H5.F6P.Fe/c1-2-11-7-5-9-3-4-10-6-8-11;1-2-4-5-3-1;1-7(2,3,4,5)6;/h2,9-10H,1,3-8H2;1-5H;;/q;;-1;+2. The molecule has 2 aliphatic rings. The van der Waals surface area contributed by atoms with Gasteiger partial charge in [0.1, 0.15) is 0 Å². The normalized spacial score (nSPS) is 26.7. The third-order valence-electron chi connectivity index (χ3n) is 2.44. The van der Waals surface area contributed by atoms with Crippen molar-refractivity contribution in [2.75, 3.05) is 37.0 Å². The Balaban J connectivity index is 0. The van der Waals surface area contributed by atoms with Gasteiger partial charge < -0.3 is 0 Å². The average molecular weight is 472 g/mol. The van der Waals surface area contributed by atoms with E-state index in [1.165, 1.54) is 54.1 Å². The zero-order valence-corrected chi connectivity index (χ0v) is 17.8. The van der Waals surface area contributed by atoms with Gasteiger partial charge in [0.2, 0.25) is 0 Å². The van der Waals surface area contributed by atoms with Crippen LogP contribution in [-0.4, -0.2) is 37.0 Å². The zero-order valence-electron chi connectivity index (χ0n) is 12.9. The van der Waals surface area contributed by atoms with Gasteiger partial charge in [0, 0.05) is 0 Å². The molecule has 0 nitrogen and oxygen atoms in total. The van der Waals surface area contributed by atoms with Crippen LogP contribution in [0.2, 0.25) is 0 Å². The average Bonchev–Trinajstić information content (AvgIpc) is 2.97. The van der Waals surface area contributed by atoms with Crippen LogP contribution in [0.3, 0.4) is 0 Å². The van der Waals surface area contributed by atoms with Crippen LogP contribution in [0.25, 0.3) is 0 Å². The monoisotopic (exact) mass is 472 g/mol. The maximum absolute atomic E-state index is 10.7. The van der Waals surface area contributed by atoms with E-state index in [0.29, 0.717) is 0 Å². The van der Waals surface area contributed by atoms with Gasteiger partial charge in [-0.1, -0.05) is 20.3 Å². The molecule has 2 unspecified atom stereocenters. The van der Waals surface area contributed by atoms with E-state index in [0.717, 1.165) is 0 Å². The summed E-state index contributed by atoms with van der Waals surface area (Å²) >= 11 is 0. The van der Waals surface area contributed by atoms with Crippen LogP contribution in [0.15, 0.2) is 12.4 Å². The maximum Gasteiger partial charge on any atom is 2.00 e. The van der Waals surface area contributed by atoms with Crippen LogP contribution in [0.1, 0.15) is 0 Å². The fourth-order valence-electron chi connectivity index (χ4n) is 1.49. The van der Waals surface area contributed by atoms with E-state index >= 15 is 0 Å². The summed E-state index contributed by atoms with van der Waals surface area (Å²) in [5.41, 5.74) is 0. The van der Waals surface area contributed by atoms with Gasteiger partial charge in [0.05, 0.1) is 0 Å². The molecule has 24 heavy (non-hydrogen) atoms. The van der Waals surface area contributed by atoms with Crippen molar-refractivity contribution in [2.24, 2.45) is 0 Å². The van der Waals surface area contributed by atoms with E-state index in [-0.39, 0.29) is 25.0 Å². The van der Waals surface area contributed by atoms with E-state index in [4.69, 9.17) is 0 Å². The van der Waals surface area contributed by atoms with Crippen LogP contribution in [0.4, 0.5) is 25.2 Å². The zero-order chi connectivity index (χ0) is 17.9. The van der Waals surface area contributed by atoms with Gasteiger partial charge in [-0.2, -0.15) is 0 Å². The molecule has 1 aliphatic carbocycles. The van der Waals surface area contributed by atoms with Gasteiger partial charge in [-0.05, 0) is 69.1 Å². The number of hydrogen-bond acceptors (Lipinski definition) is 0. The minimum Gasteiger partial charge on any atom is -0.0312 e. The Bertz CT molecular complexity index is 302. The van der Waals surface area contributed by atoms with E-state index < -0.39 is 7.81 Å². The minimum atomic E-state index is -10.7. The Morgan fingerprint density at radius 1 is 0.750 bits per heavy atom. The van der Waals surface area contributed by atoms with Crippen molar-refractivity contribution in [2.45, 2.75) is 0 Å². The van der Waals surface area contributed by atoms with Crippen molar-refractivity contribution < 1.29 is 42.3 Å². The molecule has 2 rings (SSSR count). The summed E-state index contributed by atoms with van der Waals surface area (Å²) in [7, 11) is -7.91. The second-order valence-corrected chi connectivity index (χ2v) is 12.0. The Hall–Kier alpha value is 1.56. The molecule has 11 heteroatoms. The van der Waals surface area contributed by atoms with Crippen molar-refractivity contribution in [3.05, 3.63) is 44.5 Å². The van der Waals surface area contributed by atoms with E-state index in [1.54, 1.807) is 0 Å². The smallest absolute Gasteiger partial charge is 0.0312 e. The summed E-state index contributed by atoms with van der Waals surface area (Å²) in [5, 5.41) is 0. The van der Waals surface area contributed by atoms with Crippen molar-refractivity contribution in [1.82, 2.24) is 0 Å². The molecule has 5 radical (unpaired) electrons. The first-order valence-corrected chi connectivity index (χ1v) is 13.5. The molecular weight excluding hydrogens is 450 g/mol. The molecule has 1 saturated carbocycles. The first-order valence-electron chi connectivity index (χ1n) is 6.89. The summed E-state index contributed by atoms with van der Waals surface area (Å²) in [6.45, 7) is 3.92. The van der Waals surface area contributed by atoms with Gasteiger partial charge in [0.25, 0.3) is 0 Å². The number of halogens is 6. The third kappa shape index (κ3) is 31.3. The second kappa shape index (κ2) is 12.1. The van der Waals surface area contributed by atoms with Gasteiger partial charge in [-0.15, -0.1) is 17.2 Å². The van der Waals surface area contributed by atoms with Crippen molar-refractivity contribution >= 4 is 32.9 Å². The van der Waals surface area contributed by atoms with Crippen LogP contribution in [0, 0.1) is 32.1 Å². The van der Waals surface area contributed by atoms with Crippen LogP contribution < -0.4 is 0 Å². The Labute approximate surface area is 156 Å². The summed E-state index contributed by atoms with van der Waals surface area (Å²) < 4.78 is 59.2. The molecule has 2 atom stereocenters. The van der Waals surface area contributed by atoms with E-state index in [2.05, 4.69) is 12.4 Å². The van der Waals surface area contributed by atoms with Crippen LogP contribution in [-0.2, 0) is 17.1 Å². The first kappa shape index (κ1) is 27.8. The second-order valence-electron chi connectivity index (χ2n) is 4.64. The Morgan fingerprint density at radius 3 is 1.29 bits per heavy atom. The molecule has 1 saturated heterocycles. The Kier molecular flexibility index (Phi) is 14.0. The van der Waals surface area contributed by atoms with Crippen molar-refractivity contribution in [1.29, 1.82) is 0 Å². The van der Waals surface area contributed by atoms with Crippen LogP contribution in [0.5, 0.6) is 0 Å². The topological polar surface area (TPSA) is 0 Å². The summed E-state index contributed by atoms with van der Waals surface area (Å²) in [6, 6.07) is 0. The molecule has 2 fully saturated rings. The quantitative estimate of drug-likeness (QED) is 0.212. The molecule has 0 aromatic rings. The molecule has 0 aromatic heterocycles. The predicted octanol–water partition coefficient (Wildman–Crippen LogP) is 7.38. The molecular formula is C13H22F6FeP4+. The fraction of sp³-hybridized carbons (Fsp3) is 0.462. The molecule has 0 aromatic carbocycles. The summed E-state index contributed by atoms with van der Waals surface area (Å²) in [6.07, 6.45) is 18.9. The van der Waals surface area contributed by atoms with E-state index in [1.807, 2.05) is 32.1 Å². The minimum absolute atomic E-state index is 0. The largest absolute Gasteiger partial charge is 2.00 e. The molecule has 0 bridgehead atoms. The third-order valence-corrected chi connectivity index (χ3v) is 8.31. The molecule has 1 aliphatic heterocycles. The predicted molar refractivity (Wildman–Crippen MR) is 98.0 cm³/mol. The first-order chi connectivity index (χ1) is 10.4. The SMILES string of the molecule is C=CP1CCPCCPCC1.F[P-](F)(F)(F)(F)F.[CH]1[CH][CH][CH][CH]1.[Fe+2]. The molecule has 1 heterocycles.